The van der Waals surface area contributed by atoms with E-state index in [4.69, 9.17) is 4.42 Å². The molecule has 0 aromatic carbocycles. The van der Waals surface area contributed by atoms with Crippen molar-refractivity contribution in [2.24, 2.45) is 5.92 Å². The second kappa shape index (κ2) is 5.92. The lowest BCUT2D eigenvalue weighted by Gasteiger charge is -2.14. The first-order chi connectivity index (χ1) is 8.67. The summed E-state index contributed by atoms with van der Waals surface area (Å²) in [6.07, 6.45) is 1.13. The minimum atomic E-state index is -0.108. The second-order valence-corrected chi connectivity index (χ2v) is 4.62. The fourth-order valence-electron chi connectivity index (χ4n) is 2.22. The van der Waals surface area contributed by atoms with E-state index in [0.717, 1.165) is 26.1 Å². The van der Waals surface area contributed by atoms with Gasteiger partial charge in [0.25, 0.3) is 0 Å². The summed E-state index contributed by atoms with van der Waals surface area (Å²) in [4.78, 5) is 13.9. The van der Waals surface area contributed by atoms with Crippen LogP contribution < -0.4 is 10.6 Å². The molecule has 0 spiro atoms. The Morgan fingerprint density at radius 2 is 2.39 bits per heavy atom. The van der Waals surface area contributed by atoms with Crippen LogP contribution in [0.25, 0.3) is 0 Å². The molecule has 2 rings (SSSR count). The summed E-state index contributed by atoms with van der Waals surface area (Å²) in [6.45, 7) is 4.98. The van der Waals surface area contributed by atoms with Crippen LogP contribution in [0.1, 0.15) is 12.3 Å². The van der Waals surface area contributed by atoms with Gasteiger partial charge in [0, 0.05) is 13.5 Å². The van der Waals surface area contributed by atoms with E-state index < -0.39 is 0 Å². The van der Waals surface area contributed by atoms with Crippen molar-refractivity contribution < 1.29 is 9.21 Å². The van der Waals surface area contributed by atoms with E-state index in [0.29, 0.717) is 18.4 Å². The lowest BCUT2D eigenvalue weighted by molar-refractivity contribution is -0.117. The summed E-state index contributed by atoms with van der Waals surface area (Å²) in [6, 6.07) is 0.170. The van der Waals surface area contributed by atoms with Crippen molar-refractivity contribution in [1.82, 2.24) is 20.4 Å². The van der Waals surface area contributed by atoms with Crippen molar-refractivity contribution in [3.8, 4) is 0 Å². The number of hydrogen-bond acceptors (Lipinski definition) is 6. The van der Waals surface area contributed by atoms with Crippen LogP contribution in [0.15, 0.2) is 4.42 Å². The van der Waals surface area contributed by atoms with Gasteiger partial charge in [-0.15, -0.1) is 5.10 Å². The summed E-state index contributed by atoms with van der Waals surface area (Å²) in [5.74, 6) is 0.970. The number of carbonyl (C=O) groups excluding carboxylic acids is 1. The average Bonchev–Trinajstić information content (AvgIpc) is 2.89. The number of aryl methyl sites for hydroxylation is 1. The molecule has 1 aromatic heterocycles. The molecule has 100 valence electrons. The highest BCUT2D eigenvalue weighted by atomic mass is 16.4. The summed E-state index contributed by atoms with van der Waals surface area (Å²) in [5, 5.41) is 13.1. The Morgan fingerprint density at radius 1 is 1.56 bits per heavy atom. The third kappa shape index (κ3) is 3.51. The standard InChI is InChI=1S/C11H19N5O2/c1-8-14-15-11(18-8)13-10(17)7-16-4-3-9(6-16)5-12-2/h9,12H,3-7H2,1-2H3,(H,13,15,17). The number of likely N-dealkylation sites (tertiary alicyclic amines) is 1. The van der Waals surface area contributed by atoms with E-state index >= 15 is 0 Å². The van der Waals surface area contributed by atoms with Crippen molar-refractivity contribution in [3.63, 3.8) is 0 Å². The van der Waals surface area contributed by atoms with Gasteiger partial charge in [-0.05, 0) is 32.5 Å². The van der Waals surface area contributed by atoms with E-state index in [1.165, 1.54) is 0 Å². The minimum absolute atomic E-state index is 0.108. The molecule has 1 aromatic rings. The Kier molecular flexibility index (Phi) is 4.27. The van der Waals surface area contributed by atoms with Gasteiger partial charge in [0.05, 0.1) is 6.54 Å². The number of anilines is 1. The number of nitrogens with zero attached hydrogens (tertiary/aromatic N) is 3. The monoisotopic (exact) mass is 253 g/mol. The molecule has 2 heterocycles. The second-order valence-electron chi connectivity index (χ2n) is 4.62. The molecular weight excluding hydrogens is 234 g/mol. The van der Waals surface area contributed by atoms with Gasteiger partial charge in [0.15, 0.2) is 0 Å². The molecule has 7 heteroatoms. The number of amides is 1. The molecule has 2 N–H and O–H groups in total. The topological polar surface area (TPSA) is 83.3 Å². The van der Waals surface area contributed by atoms with Gasteiger partial charge in [-0.25, -0.2) is 0 Å². The predicted octanol–water partition coefficient (Wildman–Crippen LogP) is -0.142. The van der Waals surface area contributed by atoms with Gasteiger partial charge < -0.3 is 9.73 Å². The van der Waals surface area contributed by atoms with Gasteiger partial charge >= 0.3 is 6.01 Å². The van der Waals surface area contributed by atoms with Crippen LogP contribution in [-0.2, 0) is 4.79 Å². The van der Waals surface area contributed by atoms with Crippen LogP contribution in [-0.4, -0.2) is 54.2 Å². The highest BCUT2D eigenvalue weighted by Gasteiger charge is 2.23. The minimum Gasteiger partial charge on any atom is -0.408 e. The van der Waals surface area contributed by atoms with Crippen LogP contribution in [0, 0.1) is 12.8 Å². The largest absolute Gasteiger partial charge is 0.408 e. The molecular formula is C11H19N5O2. The SMILES string of the molecule is CNCC1CCN(CC(=O)Nc2nnc(C)o2)C1. The zero-order chi connectivity index (χ0) is 13.0. The molecule has 1 atom stereocenters. The summed E-state index contributed by atoms with van der Waals surface area (Å²) in [5.41, 5.74) is 0. The quantitative estimate of drug-likeness (QED) is 0.760. The maximum absolute atomic E-state index is 11.7. The number of nitrogens with one attached hydrogen (secondary N) is 2. The highest BCUT2D eigenvalue weighted by Crippen LogP contribution is 2.15. The van der Waals surface area contributed by atoms with Crippen molar-refractivity contribution >= 4 is 11.9 Å². The first-order valence-electron chi connectivity index (χ1n) is 6.14. The molecule has 1 amide bonds. The number of hydrogen-bond donors (Lipinski definition) is 2. The molecule has 18 heavy (non-hydrogen) atoms. The Hall–Kier alpha value is -1.47. The van der Waals surface area contributed by atoms with Crippen LogP contribution in [0.2, 0.25) is 0 Å². The zero-order valence-corrected chi connectivity index (χ0v) is 10.8. The first kappa shape index (κ1) is 13.0. The van der Waals surface area contributed by atoms with Gasteiger partial charge in [0.1, 0.15) is 0 Å². The molecule has 1 aliphatic rings. The van der Waals surface area contributed by atoms with Gasteiger partial charge in [-0.3, -0.25) is 15.0 Å². The number of carbonyl (C=O) groups is 1. The fourth-order valence-corrected chi connectivity index (χ4v) is 2.22. The Balaban J connectivity index is 1.75. The van der Waals surface area contributed by atoms with Crippen LogP contribution in [0.4, 0.5) is 6.01 Å². The van der Waals surface area contributed by atoms with Gasteiger partial charge in [0.2, 0.25) is 11.8 Å². The molecule has 1 fully saturated rings. The smallest absolute Gasteiger partial charge is 0.322 e. The molecule has 0 saturated carbocycles. The van der Waals surface area contributed by atoms with Crippen molar-refractivity contribution in [2.45, 2.75) is 13.3 Å². The maximum Gasteiger partial charge on any atom is 0.322 e. The first-order valence-corrected chi connectivity index (χ1v) is 6.14. The van der Waals surface area contributed by atoms with E-state index in [2.05, 4.69) is 25.7 Å². The number of aromatic nitrogens is 2. The van der Waals surface area contributed by atoms with Crippen LogP contribution >= 0.6 is 0 Å². The molecule has 1 saturated heterocycles. The molecule has 1 aliphatic heterocycles. The lowest BCUT2D eigenvalue weighted by atomic mass is 10.1. The average molecular weight is 253 g/mol. The van der Waals surface area contributed by atoms with E-state index in [1.807, 2.05) is 7.05 Å². The van der Waals surface area contributed by atoms with E-state index in [1.54, 1.807) is 6.92 Å². The van der Waals surface area contributed by atoms with E-state index in [9.17, 15) is 4.79 Å². The molecule has 0 aliphatic carbocycles. The molecule has 1 unspecified atom stereocenters. The van der Waals surface area contributed by atoms with Gasteiger partial charge in [-0.1, -0.05) is 5.10 Å². The Bertz CT molecular complexity index is 406. The fraction of sp³-hybridized carbons (Fsp3) is 0.727. The zero-order valence-electron chi connectivity index (χ0n) is 10.8. The maximum atomic E-state index is 11.7. The molecule has 0 radical (unpaired) electrons. The number of rotatable bonds is 5. The lowest BCUT2D eigenvalue weighted by Crippen LogP contribution is -2.32. The van der Waals surface area contributed by atoms with Crippen LogP contribution in [0.3, 0.4) is 0 Å². The molecule has 7 nitrogen and oxygen atoms in total. The Morgan fingerprint density at radius 3 is 3.06 bits per heavy atom. The Labute approximate surface area is 106 Å². The van der Waals surface area contributed by atoms with E-state index in [-0.39, 0.29) is 11.9 Å². The third-order valence-electron chi connectivity index (χ3n) is 3.00. The highest BCUT2D eigenvalue weighted by molar-refractivity contribution is 5.90. The summed E-state index contributed by atoms with van der Waals surface area (Å²) < 4.78 is 5.10. The van der Waals surface area contributed by atoms with Crippen LogP contribution in [0.5, 0.6) is 0 Å². The van der Waals surface area contributed by atoms with Gasteiger partial charge in [-0.2, -0.15) is 0 Å². The van der Waals surface area contributed by atoms with Crippen molar-refractivity contribution in [1.29, 1.82) is 0 Å². The van der Waals surface area contributed by atoms with Crippen molar-refractivity contribution in [3.05, 3.63) is 5.89 Å². The van der Waals surface area contributed by atoms with Crippen molar-refractivity contribution in [2.75, 3.05) is 38.5 Å². The third-order valence-corrected chi connectivity index (χ3v) is 3.00. The summed E-state index contributed by atoms with van der Waals surface area (Å²) >= 11 is 0. The molecule has 0 bridgehead atoms. The summed E-state index contributed by atoms with van der Waals surface area (Å²) in [7, 11) is 1.95. The normalized spacial score (nSPS) is 20.2. The predicted molar refractivity (Wildman–Crippen MR) is 66.1 cm³/mol.